The van der Waals surface area contributed by atoms with Crippen molar-refractivity contribution in [1.82, 2.24) is 0 Å². The monoisotopic (exact) mass is 378 g/mol. The number of hydrogen-bond donors (Lipinski definition) is 0. The van der Waals surface area contributed by atoms with E-state index in [1.165, 1.54) is 0 Å². The largest absolute Gasteiger partial charge is 0.466 e. The van der Waals surface area contributed by atoms with Crippen LogP contribution in [0, 0.1) is 5.82 Å². The molecule has 0 N–H and O–H groups in total. The fourth-order valence-electron chi connectivity index (χ4n) is 2.18. The standard InChI is InChI=1S/C18H22F4O4/c1-2-3-4-11-25-16(23)9-6-10-17(24)26-12-13-14(18(20,21)22)7-5-8-15(13)19/h5,7-8H,2-4,6,9-12H2,1H3. The quantitative estimate of drug-likeness (QED) is 0.334. The van der Waals surface area contributed by atoms with Crippen molar-refractivity contribution in [2.24, 2.45) is 0 Å². The van der Waals surface area contributed by atoms with E-state index < -0.39 is 41.7 Å². The Morgan fingerprint density at radius 3 is 2.27 bits per heavy atom. The van der Waals surface area contributed by atoms with Gasteiger partial charge in [0.2, 0.25) is 0 Å². The van der Waals surface area contributed by atoms with E-state index in [9.17, 15) is 27.2 Å². The van der Waals surface area contributed by atoms with Crippen LogP contribution in [0.1, 0.15) is 56.6 Å². The average Bonchev–Trinajstić information content (AvgIpc) is 2.56. The van der Waals surface area contributed by atoms with Crippen LogP contribution in [0.4, 0.5) is 17.6 Å². The first-order valence-corrected chi connectivity index (χ1v) is 8.41. The van der Waals surface area contributed by atoms with E-state index in [0.29, 0.717) is 6.61 Å². The number of rotatable bonds is 10. The van der Waals surface area contributed by atoms with Gasteiger partial charge < -0.3 is 9.47 Å². The van der Waals surface area contributed by atoms with Crippen molar-refractivity contribution >= 4 is 11.9 Å². The average molecular weight is 378 g/mol. The fourth-order valence-corrected chi connectivity index (χ4v) is 2.18. The number of alkyl halides is 3. The molecule has 0 saturated carbocycles. The molecule has 0 radical (unpaired) electrons. The Labute approximate surface area is 149 Å². The molecule has 4 nitrogen and oxygen atoms in total. The predicted molar refractivity (Wildman–Crippen MR) is 85.5 cm³/mol. The van der Waals surface area contributed by atoms with E-state index in [2.05, 4.69) is 0 Å². The molecular formula is C18H22F4O4. The van der Waals surface area contributed by atoms with Gasteiger partial charge in [0.25, 0.3) is 0 Å². The van der Waals surface area contributed by atoms with Gasteiger partial charge in [0.05, 0.1) is 12.2 Å². The van der Waals surface area contributed by atoms with Crippen molar-refractivity contribution in [3.63, 3.8) is 0 Å². The molecule has 0 aromatic heterocycles. The Morgan fingerprint density at radius 2 is 1.65 bits per heavy atom. The van der Waals surface area contributed by atoms with Crippen LogP contribution in [0.3, 0.4) is 0 Å². The number of carbonyl (C=O) groups is 2. The summed E-state index contributed by atoms with van der Waals surface area (Å²) >= 11 is 0. The molecule has 0 spiro atoms. The summed E-state index contributed by atoms with van der Waals surface area (Å²) in [5.74, 6) is -2.34. The summed E-state index contributed by atoms with van der Waals surface area (Å²) in [5.41, 5.74) is -1.90. The first-order chi connectivity index (χ1) is 12.3. The summed E-state index contributed by atoms with van der Waals surface area (Å²) in [6.07, 6.45) is -2.03. The van der Waals surface area contributed by atoms with Crippen molar-refractivity contribution in [3.05, 3.63) is 35.1 Å². The molecule has 0 bridgehead atoms. The lowest BCUT2D eigenvalue weighted by Crippen LogP contribution is -2.14. The summed E-state index contributed by atoms with van der Waals surface area (Å²) in [5, 5.41) is 0. The smallest absolute Gasteiger partial charge is 0.416 e. The van der Waals surface area contributed by atoms with Crippen molar-refractivity contribution in [2.75, 3.05) is 6.61 Å². The number of carbonyl (C=O) groups excluding carboxylic acids is 2. The molecular weight excluding hydrogens is 356 g/mol. The lowest BCUT2D eigenvalue weighted by atomic mass is 10.1. The van der Waals surface area contributed by atoms with Crippen molar-refractivity contribution in [2.45, 2.75) is 58.2 Å². The van der Waals surface area contributed by atoms with Crippen LogP contribution >= 0.6 is 0 Å². The van der Waals surface area contributed by atoms with Gasteiger partial charge in [-0.15, -0.1) is 0 Å². The zero-order valence-electron chi connectivity index (χ0n) is 14.5. The minimum absolute atomic E-state index is 0.00865. The van der Waals surface area contributed by atoms with Gasteiger partial charge in [0.15, 0.2) is 0 Å². The molecule has 0 atom stereocenters. The molecule has 0 aliphatic carbocycles. The van der Waals surface area contributed by atoms with E-state index in [4.69, 9.17) is 9.47 Å². The minimum Gasteiger partial charge on any atom is -0.466 e. The maximum Gasteiger partial charge on any atom is 0.416 e. The summed E-state index contributed by atoms with van der Waals surface area (Å²) in [4.78, 5) is 23.0. The van der Waals surface area contributed by atoms with Crippen LogP contribution in [0.2, 0.25) is 0 Å². The van der Waals surface area contributed by atoms with Crippen LogP contribution in [-0.2, 0) is 31.8 Å². The topological polar surface area (TPSA) is 52.6 Å². The normalized spacial score (nSPS) is 11.3. The molecule has 146 valence electrons. The third-order valence-electron chi connectivity index (χ3n) is 3.57. The molecule has 1 aromatic carbocycles. The summed E-state index contributed by atoms with van der Waals surface area (Å²) in [6, 6.07) is 2.53. The molecule has 0 saturated heterocycles. The number of halogens is 4. The van der Waals surface area contributed by atoms with E-state index >= 15 is 0 Å². The number of hydrogen-bond acceptors (Lipinski definition) is 4. The molecule has 0 aliphatic rings. The molecule has 0 aliphatic heterocycles. The Kier molecular flexibility index (Phi) is 9.09. The van der Waals surface area contributed by atoms with Gasteiger partial charge in [-0.1, -0.05) is 25.8 Å². The molecule has 0 heterocycles. The highest BCUT2D eigenvalue weighted by atomic mass is 19.4. The first kappa shape index (κ1) is 21.9. The lowest BCUT2D eigenvalue weighted by Gasteiger charge is -2.13. The maximum absolute atomic E-state index is 13.6. The zero-order chi connectivity index (χ0) is 19.6. The lowest BCUT2D eigenvalue weighted by molar-refractivity contribution is -0.148. The van der Waals surface area contributed by atoms with E-state index in [-0.39, 0.29) is 19.3 Å². The Hall–Kier alpha value is -2.12. The highest BCUT2D eigenvalue weighted by molar-refractivity contribution is 5.72. The Bertz CT molecular complexity index is 599. The molecule has 1 aromatic rings. The van der Waals surface area contributed by atoms with Crippen LogP contribution in [-0.4, -0.2) is 18.5 Å². The van der Waals surface area contributed by atoms with Gasteiger partial charge in [-0.25, -0.2) is 4.39 Å². The number of benzene rings is 1. The van der Waals surface area contributed by atoms with Crippen LogP contribution in [0.5, 0.6) is 0 Å². The summed E-state index contributed by atoms with van der Waals surface area (Å²) in [6.45, 7) is 1.53. The number of esters is 2. The van der Waals surface area contributed by atoms with Crippen LogP contribution in [0.25, 0.3) is 0 Å². The molecule has 8 heteroatoms. The molecule has 0 amide bonds. The third kappa shape index (κ3) is 7.84. The van der Waals surface area contributed by atoms with E-state index in [0.717, 1.165) is 37.5 Å². The second kappa shape index (κ2) is 10.8. The Morgan fingerprint density at radius 1 is 1.00 bits per heavy atom. The number of ether oxygens (including phenoxy) is 2. The van der Waals surface area contributed by atoms with E-state index in [1.54, 1.807) is 0 Å². The van der Waals surface area contributed by atoms with Gasteiger partial charge in [0, 0.05) is 18.4 Å². The SMILES string of the molecule is CCCCCOC(=O)CCCC(=O)OCc1c(F)cccc1C(F)(F)F. The van der Waals surface area contributed by atoms with Crippen molar-refractivity contribution in [3.8, 4) is 0 Å². The predicted octanol–water partition coefficient (Wildman–Crippen LogP) is 4.79. The molecule has 26 heavy (non-hydrogen) atoms. The maximum atomic E-state index is 13.6. The van der Waals surface area contributed by atoms with Gasteiger partial charge >= 0.3 is 18.1 Å². The Balaban J connectivity index is 2.38. The molecule has 0 unspecified atom stereocenters. The fraction of sp³-hybridized carbons (Fsp3) is 0.556. The summed E-state index contributed by atoms with van der Waals surface area (Å²) in [7, 11) is 0. The summed E-state index contributed by atoms with van der Waals surface area (Å²) < 4.78 is 61.8. The minimum atomic E-state index is -4.74. The first-order valence-electron chi connectivity index (χ1n) is 8.41. The zero-order valence-corrected chi connectivity index (χ0v) is 14.5. The molecule has 0 fully saturated rings. The van der Waals surface area contributed by atoms with Gasteiger partial charge in [0.1, 0.15) is 12.4 Å². The van der Waals surface area contributed by atoms with Crippen LogP contribution < -0.4 is 0 Å². The van der Waals surface area contributed by atoms with Crippen LogP contribution in [0.15, 0.2) is 18.2 Å². The highest BCUT2D eigenvalue weighted by Crippen LogP contribution is 2.33. The van der Waals surface area contributed by atoms with Gasteiger partial charge in [-0.2, -0.15) is 13.2 Å². The molecule has 1 rings (SSSR count). The van der Waals surface area contributed by atoms with Crippen molar-refractivity contribution in [1.29, 1.82) is 0 Å². The van der Waals surface area contributed by atoms with Gasteiger partial charge in [-0.05, 0) is 25.0 Å². The van der Waals surface area contributed by atoms with Gasteiger partial charge in [-0.3, -0.25) is 9.59 Å². The second-order valence-electron chi connectivity index (χ2n) is 5.71. The second-order valence-corrected chi connectivity index (χ2v) is 5.71. The van der Waals surface area contributed by atoms with Crippen molar-refractivity contribution < 1.29 is 36.6 Å². The van der Waals surface area contributed by atoms with E-state index in [1.807, 2.05) is 6.92 Å². The third-order valence-corrected chi connectivity index (χ3v) is 3.57. The highest BCUT2D eigenvalue weighted by Gasteiger charge is 2.34. The number of unbranched alkanes of at least 4 members (excludes halogenated alkanes) is 2.